The molecule has 10 heteroatoms. The highest BCUT2D eigenvalue weighted by Gasteiger charge is 2.26. The van der Waals surface area contributed by atoms with Gasteiger partial charge in [0.25, 0.3) is 5.91 Å². The number of piperazine rings is 1. The van der Waals surface area contributed by atoms with E-state index in [1.54, 1.807) is 33.9 Å². The van der Waals surface area contributed by atoms with Crippen LogP contribution in [0.2, 0.25) is 0 Å². The Morgan fingerprint density at radius 2 is 1.63 bits per heavy atom. The molecular weight excluding hydrogens is 518 g/mol. The maximum Gasteiger partial charge on any atom is 0.410 e. The average molecular weight is 550 g/mol. The summed E-state index contributed by atoms with van der Waals surface area (Å²) >= 11 is 0. The van der Waals surface area contributed by atoms with Gasteiger partial charge in [0.15, 0.2) is 5.65 Å². The predicted octanol–water partition coefficient (Wildman–Crippen LogP) is 4.77. The number of nitrogens with zero attached hydrogens (tertiary/aromatic N) is 6. The highest BCUT2D eigenvalue weighted by atomic mass is 16.6. The predicted molar refractivity (Wildman–Crippen MR) is 158 cm³/mol. The Kier molecular flexibility index (Phi) is 6.53. The molecule has 2 N–H and O–H groups in total. The van der Waals surface area contributed by atoms with E-state index in [9.17, 15) is 9.59 Å². The van der Waals surface area contributed by atoms with Gasteiger partial charge in [-0.05, 0) is 56.2 Å². The van der Waals surface area contributed by atoms with Crippen molar-refractivity contribution >= 4 is 34.2 Å². The number of pyridine rings is 1. The van der Waals surface area contributed by atoms with E-state index in [2.05, 4.69) is 39.2 Å². The minimum atomic E-state index is -0.517. The summed E-state index contributed by atoms with van der Waals surface area (Å²) < 4.78 is 7.27. The topological polar surface area (TPSA) is 119 Å². The minimum Gasteiger partial charge on any atom is -0.444 e. The largest absolute Gasteiger partial charge is 0.444 e. The van der Waals surface area contributed by atoms with E-state index < -0.39 is 11.5 Å². The zero-order chi connectivity index (χ0) is 28.7. The standard InChI is InChI=1S/C31H31N7O3/c1-31(2,3)41-30(40)37-15-13-36(14-16-37)22-9-7-20(8-10-22)21-17-34-29-26(18-35-38(29)19-21)23-11-12-33-27-24(23)5-4-6-25(27)28(32)39/h4-12,17-19H,13-16H2,1-3H3,(H2,32,39). The third-order valence-electron chi connectivity index (χ3n) is 7.18. The van der Waals surface area contributed by atoms with Crippen LogP contribution in [-0.4, -0.2) is 68.3 Å². The summed E-state index contributed by atoms with van der Waals surface area (Å²) in [5.74, 6) is -0.517. The number of hydrogen-bond acceptors (Lipinski definition) is 7. The van der Waals surface area contributed by atoms with Gasteiger partial charge in [0.2, 0.25) is 0 Å². The number of benzene rings is 2. The Labute approximate surface area is 237 Å². The smallest absolute Gasteiger partial charge is 0.410 e. The van der Waals surface area contributed by atoms with Gasteiger partial charge < -0.3 is 20.3 Å². The van der Waals surface area contributed by atoms with Crippen LogP contribution >= 0.6 is 0 Å². The quantitative estimate of drug-likeness (QED) is 0.343. The van der Waals surface area contributed by atoms with Gasteiger partial charge in [-0.25, -0.2) is 14.3 Å². The summed E-state index contributed by atoms with van der Waals surface area (Å²) in [6, 6.07) is 15.6. The van der Waals surface area contributed by atoms with Gasteiger partial charge in [-0.3, -0.25) is 9.78 Å². The minimum absolute atomic E-state index is 0.260. The number of anilines is 1. The second-order valence-corrected chi connectivity index (χ2v) is 11.1. The first-order valence-corrected chi connectivity index (χ1v) is 13.5. The molecule has 6 rings (SSSR count). The number of fused-ring (bicyclic) bond motifs is 2. The van der Waals surface area contributed by atoms with Crippen LogP contribution in [0.4, 0.5) is 10.5 Å². The Morgan fingerprint density at radius 1 is 0.878 bits per heavy atom. The van der Waals surface area contributed by atoms with Crippen molar-refractivity contribution in [2.24, 2.45) is 5.73 Å². The van der Waals surface area contributed by atoms with Crippen LogP contribution in [0.15, 0.2) is 73.3 Å². The van der Waals surface area contributed by atoms with Crippen molar-refractivity contribution in [1.29, 1.82) is 0 Å². The summed E-state index contributed by atoms with van der Waals surface area (Å²) in [6.45, 7) is 8.37. The second-order valence-electron chi connectivity index (χ2n) is 11.1. The SMILES string of the molecule is CC(C)(C)OC(=O)N1CCN(c2ccc(-c3cnc4c(-c5ccnc6c(C(N)=O)cccc56)cnn4c3)cc2)CC1. The molecule has 1 saturated heterocycles. The zero-order valence-corrected chi connectivity index (χ0v) is 23.2. The average Bonchev–Trinajstić information content (AvgIpc) is 3.39. The molecule has 4 heterocycles. The number of ether oxygens (including phenoxy) is 1. The van der Waals surface area contributed by atoms with Gasteiger partial charge in [0, 0.05) is 67.0 Å². The Balaban J connectivity index is 1.21. The molecule has 1 aliphatic rings. The first-order valence-electron chi connectivity index (χ1n) is 13.5. The van der Waals surface area contributed by atoms with Crippen LogP contribution in [0, 0.1) is 0 Å². The fraction of sp³-hybridized carbons (Fsp3) is 0.258. The van der Waals surface area contributed by atoms with Crippen LogP contribution in [-0.2, 0) is 4.74 Å². The molecule has 0 atom stereocenters. The van der Waals surface area contributed by atoms with Crippen molar-refractivity contribution in [3.8, 4) is 22.3 Å². The maximum absolute atomic E-state index is 12.4. The van der Waals surface area contributed by atoms with E-state index in [0.29, 0.717) is 29.8 Å². The van der Waals surface area contributed by atoms with Gasteiger partial charge in [-0.1, -0.05) is 24.3 Å². The molecule has 0 bridgehead atoms. The number of rotatable bonds is 4. The normalized spacial score (nSPS) is 14.0. The molecule has 0 saturated carbocycles. The number of nitrogens with two attached hydrogens (primary N) is 1. The van der Waals surface area contributed by atoms with Gasteiger partial charge in [0.1, 0.15) is 5.60 Å². The van der Waals surface area contributed by atoms with Crippen LogP contribution in [0.3, 0.4) is 0 Å². The number of carbonyl (C=O) groups is 2. The molecule has 2 amide bonds. The van der Waals surface area contributed by atoms with Crippen molar-refractivity contribution in [3.63, 3.8) is 0 Å². The summed E-state index contributed by atoms with van der Waals surface area (Å²) in [7, 11) is 0. The highest BCUT2D eigenvalue weighted by molar-refractivity contribution is 6.09. The lowest BCUT2D eigenvalue weighted by Gasteiger charge is -2.36. The van der Waals surface area contributed by atoms with Gasteiger partial charge in [-0.15, -0.1) is 0 Å². The number of para-hydroxylation sites is 1. The number of amides is 2. The van der Waals surface area contributed by atoms with E-state index >= 15 is 0 Å². The van der Waals surface area contributed by atoms with E-state index in [-0.39, 0.29) is 6.09 Å². The van der Waals surface area contributed by atoms with Crippen molar-refractivity contribution < 1.29 is 14.3 Å². The number of carbonyl (C=O) groups excluding carboxylic acids is 2. The van der Waals surface area contributed by atoms with E-state index in [0.717, 1.165) is 46.4 Å². The number of aromatic nitrogens is 4. The fourth-order valence-electron chi connectivity index (χ4n) is 5.16. The Morgan fingerprint density at radius 3 is 2.34 bits per heavy atom. The van der Waals surface area contributed by atoms with Crippen molar-refractivity contribution in [2.45, 2.75) is 26.4 Å². The third kappa shape index (κ3) is 5.16. The molecule has 208 valence electrons. The summed E-state index contributed by atoms with van der Waals surface area (Å²) in [6.07, 6.45) is 6.98. The first-order chi connectivity index (χ1) is 19.7. The lowest BCUT2D eigenvalue weighted by molar-refractivity contribution is 0.0240. The number of primary amides is 1. The molecule has 0 radical (unpaired) electrons. The van der Waals surface area contributed by atoms with Crippen molar-refractivity contribution in [3.05, 3.63) is 78.9 Å². The molecule has 10 nitrogen and oxygen atoms in total. The Bertz CT molecular complexity index is 1760. The number of hydrogen-bond donors (Lipinski definition) is 1. The molecule has 0 aliphatic carbocycles. The molecule has 5 aromatic rings. The van der Waals surface area contributed by atoms with Crippen molar-refractivity contribution in [1.82, 2.24) is 24.5 Å². The molecule has 2 aromatic carbocycles. The maximum atomic E-state index is 12.4. The fourth-order valence-corrected chi connectivity index (χ4v) is 5.16. The van der Waals surface area contributed by atoms with E-state index in [1.165, 1.54) is 0 Å². The van der Waals surface area contributed by atoms with Crippen LogP contribution in [0.5, 0.6) is 0 Å². The first kappa shape index (κ1) is 26.2. The summed E-state index contributed by atoms with van der Waals surface area (Å²) in [4.78, 5) is 37.5. The molecule has 0 spiro atoms. The van der Waals surface area contributed by atoms with Crippen LogP contribution in [0.25, 0.3) is 38.8 Å². The van der Waals surface area contributed by atoms with E-state index in [4.69, 9.17) is 15.5 Å². The summed E-state index contributed by atoms with van der Waals surface area (Å²) in [5.41, 5.74) is 11.5. The summed E-state index contributed by atoms with van der Waals surface area (Å²) in [5, 5.41) is 5.38. The molecule has 3 aromatic heterocycles. The molecule has 1 aliphatic heterocycles. The molecule has 41 heavy (non-hydrogen) atoms. The molecule has 0 unspecified atom stereocenters. The monoisotopic (exact) mass is 549 g/mol. The van der Waals surface area contributed by atoms with Gasteiger partial charge in [0.05, 0.1) is 17.3 Å². The highest BCUT2D eigenvalue weighted by Crippen LogP contribution is 2.32. The lowest BCUT2D eigenvalue weighted by Crippen LogP contribution is -2.50. The molecular formula is C31H31N7O3. The lowest BCUT2D eigenvalue weighted by atomic mass is 10.0. The van der Waals surface area contributed by atoms with Crippen LogP contribution < -0.4 is 10.6 Å². The van der Waals surface area contributed by atoms with Gasteiger partial charge >= 0.3 is 6.09 Å². The van der Waals surface area contributed by atoms with E-state index in [1.807, 2.05) is 45.3 Å². The Hall–Kier alpha value is -4.99. The second kappa shape index (κ2) is 10.2. The van der Waals surface area contributed by atoms with Crippen LogP contribution in [0.1, 0.15) is 31.1 Å². The zero-order valence-electron chi connectivity index (χ0n) is 23.2. The van der Waals surface area contributed by atoms with Crippen molar-refractivity contribution in [2.75, 3.05) is 31.1 Å². The van der Waals surface area contributed by atoms with Gasteiger partial charge in [-0.2, -0.15) is 5.10 Å². The third-order valence-corrected chi connectivity index (χ3v) is 7.18. The molecule has 1 fully saturated rings.